The highest BCUT2D eigenvalue weighted by Crippen LogP contribution is 2.21. The average molecular weight is 303 g/mol. The van der Waals surface area contributed by atoms with Gasteiger partial charge in [0.15, 0.2) is 0 Å². The van der Waals surface area contributed by atoms with Crippen LogP contribution >= 0.6 is 0 Å². The molecule has 0 saturated heterocycles. The quantitative estimate of drug-likeness (QED) is 0.862. The Balaban J connectivity index is 3.07. The van der Waals surface area contributed by atoms with Crippen LogP contribution in [0.15, 0.2) is 4.90 Å². The highest BCUT2D eigenvalue weighted by Gasteiger charge is 2.24. The van der Waals surface area contributed by atoms with Crippen molar-refractivity contribution >= 4 is 10.0 Å². The molecule has 7 heteroatoms. The highest BCUT2D eigenvalue weighted by atomic mass is 32.2. The van der Waals surface area contributed by atoms with Gasteiger partial charge in [0.2, 0.25) is 10.0 Å². The van der Waals surface area contributed by atoms with E-state index in [1.54, 1.807) is 4.68 Å². The maximum Gasteiger partial charge on any atom is 0.241 e. The van der Waals surface area contributed by atoms with Gasteiger partial charge in [-0.25, -0.2) is 13.6 Å². The van der Waals surface area contributed by atoms with Crippen LogP contribution < -0.4 is 5.14 Å². The fraction of sp³-hybridized carbons (Fsp3) is 0.769. The Bertz CT molecular complexity index is 556. The zero-order valence-corrected chi connectivity index (χ0v) is 13.7. The van der Waals surface area contributed by atoms with Crippen LogP contribution in [0.5, 0.6) is 0 Å². The Morgan fingerprint density at radius 2 is 1.85 bits per heavy atom. The summed E-state index contributed by atoms with van der Waals surface area (Å²) in [5.41, 5.74) is 0.956. The summed E-state index contributed by atoms with van der Waals surface area (Å²) < 4.78 is 30.8. The van der Waals surface area contributed by atoms with Gasteiger partial charge in [0.25, 0.3) is 0 Å². The van der Waals surface area contributed by atoms with E-state index in [1.807, 2.05) is 34.6 Å². The molecule has 0 saturated carbocycles. The molecule has 0 spiro atoms. The zero-order chi connectivity index (χ0) is 15.6. The van der Waals surface area contributed by atoms with E-state index < -0.39 is 10.0 Å². The van der Waals surface area contributed by atoms with Crippen molar-refractivity contribution < 1.29 is 13.2 Å². The first-order valence-corrected chi connectivity index (χ1v) is 8.40. The second-order valence-electron chi connectivity index (χ2n) is 5.66. The van der Waals surface area contributed by atoms with Crippen molar-refractivity contribution in [2.45, 2.75) is 64.5 Å². The molecule has 1 aromatic heterocycles. The second kappa shape index (κ2) is 6.24. The van der Waals surface area contributed by atoms with Crippen LogP contribution in [0.1, 0.15) is 46.0 Å². The number of nitrogens with two attached hydrogens (primary N) is 1. The fourth-order valence-corrected chi connectivity index (χ4v) is 3.15. The molecule has 0 aliphatic heterocycles. The SMILES string of the molecule is CCc1nn(CCOC(C)(C)C)c(CC)c1S(N)(=O)=O. The van der Waals surface area contributed by atoms with Gasteiger partial charge in [0.05, 0.1) is 30.1 Å². The van der Waals surface area contributed by atoms with E-state index >= 15 is 0 Å². The first-order valence-electron chi connectivity index (χ1n) is 6.85. The lowest BCUT2D eigenvalue weighted by atomic mass is 10.2. The van der Waals surface area contributed by atoms with Crippen LogP contribution in [0.25, 0.3) is 0 Å². The number of nitrogens with zero attached hydrogens (tertiary/aromatic N) is 2. The number of hydrogen-bond donors (Lipinski definition) is 1. The molecule has 6 nitrogen and oxygen atoms in total. The Hall–Kier alpha value is -0.920. The van der Waals surface area contributed by atoms with Gasteiger partial charge in [0.1, 0.15) is 4.90 Å². The molecule has 0 unspecified atom stereocenters. The van der Waals surface area contributed by atoms with E-state index in [4.69, 9.17) is 9.88 Å². The molecular weight excluding hydrogens is 278 g/mol. The molecule has 1 aromatic rings. The number of rotatable bonds is 6. The van der Waals surface area contributed by atoms with Crippen molar-refractivity contribution in [1.29, 1.82) is 0 Å². The van der Waals surface area contributed by atoms with E-state index in [9.17, 15) is 8.42 Å². The van der Waals surface area contributed by atoms with Crippen molar-refractivity contribution in [3.63, 3.8) is 0 Å². The lowest BCUT2D eigenvalue weighted by Crippen LogP contribution is -2.23. The molecule has 0 aromatic carbocycles. The normalized spacial score (nSPS) is 12.9. The minimum atomic E-state index is -3.75. The van der Waals surface area contributed by atoms with Gasteiger partial charge < -0.3 is 4.74 Å². The number of sulfonamides is 1. The predicted octanol–water partition coefficient (Wildman–Crippen LogP) is 1.47. The van der Waals surface area contributed by atoms with Crippen LogP contribution in [-0.2, 0) is 34.1 Å². The van der Waals surface area contributed by atoms with Gasteiger partial charge in [-0.2, -0.15) is 5.10 Å². The van der Waals surface area contributed by atoms with Gasteiger partial charge in [0, 0.05) is 0 Å². The van der Waals surface area contributed by atoms with Gasteiger partial charge >= 0.3 is 0 Å². The number of ether oxygens (including phenoxy) is 1. The second-order valence-corrected chi connectivity index (χ2v) is 7.16. The molecule has 0 aliphatic rings. The minimum absolute atomic E-state index is 0.179. The predicted molar refractivity (Wildman–Crippen MR) is 78.1 cm³/mol. The monoisotopic (exact) mass is 303 g/mol. The third-order valence-electron chi connectivity index (χ3n) is 2.87. The van der Waals surface area contributed by atoms with Gasteiger partial charge in [-0.15, -0.1) is 0 Å². The van der Waals surface area contributed by atoms with Crippen LogP contribution in [0.4, 0.5) is 0 Å². The van der Waals surface area contributed by atoms with Crippen LogP contribution in [-0.4, -0.2) is 30.4 Å². The van der Waals surface area contributed by atoms with Crippen molar-refractivity contribution in [3.8, 4) is 0 Å². The zero-order valence-electron chi connectivity index (χ0n) is 12.9. The summed E-state index contributed by atoms with van der Waals surface area (Å²) in [6.07, 6.45) is 1.10. The molecule has 0 atom stereocenters. The fourth-order valence-electron chi connectivity index (χ4n) is 2.06. The summed E-state index contributed by atoms with van der Waals surface area (Å²) in [7, 11) is -3.75. The number of primary sulfonamides is 1. The smallest absolute Gasteiger partial charge is 0.241 e. The topological polar surface area (TPSA) is 87.2 Å². The number of aromatic nitrogens is 2. The Kier molecular flexibility index (Phi) is 5.34. The summed E-state index contributed by atoms with van der Waals surface area (Å²) in [5, 5.41) is 9.67. The molecule has 0 bridgehead atoms. The van der Waals surface area contributed by atoms with E-state index in [2.05, 4.69) is 5.10 Å². The number of hydrogen-bond acceptors (Lipinski definition) is 4. The van der Waals surface area contributed by atoms with Gasteiger partial charge in [-0.3, -0.25) is 4.68 Å². The van der Waals surface area contributed by atoms with E-state index in [-0.39, 0.29) is 10.5 Å². The molecule has 1 rings (SSSR count). The highest BCUT2D eigenvalue weighted by molar-refractivity contribution is 7.89. The van der Waals surface area contributed by atoms with Crippen molar-refractivity contribution in [1.82, 2.24) is 9.78 Å². The number of aryl methyl sites for hydroxylation is 1. The summed E-state index contributed by atoms with van der Waals surface area (Å²) in [6, 6.07) is 0. The first kappa shape index (κ1) is 17.1. The van der Waals surface area contributed by atoms with Crippen molar-refractivity contribution in [2.75, 3.05) is 6.61 Å². The molecule has 20 heavy (non-hydrogen) atoms. The third-order valence-corrected chi connectivity index (χ3v) is 3.91. The largest absolute Gasteiger partial charge is 0.374 e. The Morgan fingerprint density at radius 1 is 1.25 bits per heavy atom. The van der Waals surface area contributed by atoms with Crippen molar-refractivity contribution in [2.24, 2.45) is 5.14 Å². The van der Waals surface area contributed by atoms with E-state index in [0.29, 0.717) is 37.4 Å². The standard InChI is InChI=1S/C13H25N3O3S/c1-6-10-12(20(14,17)18)11(7-2)16(15-10)8-9-19-13(3,4)5/h6-9H2,1-5H3,(H2,14,17,18). The van der Waals surface area contributed by atoms with Crippen LogP contribution in [0.3, 0.4) is 0 Å². The minimum Gasteiger partial charge on any atom is -0.374 e. The molecule has 0 radical (unpaired) electrons. The summed E-state index contributed by atoms with van der Waals surface area (Å²) >= 11 is 0. The molecule has 2 N–H and O–H groups in total. The maximum absolute atomic E-state index is 11.7. The molecule has 0 aliphatic carbocycles. The van der Waals surface area contributed by atoms with Gasteiger partial charge in [-0.05, 0) is 33.6 Å². The Labute approximate surface area is 121 Å². The molecule has 116 valence electrons. The van der Waals surface area contributed by atoms with E-state index in [1.165, 1.54) is 0 Å². The Morgan fingerprint density at radius 3 is 2.25 bits per heavy atom. The average Bonchev–Trinajstić information content (AvgIpc) is 2.65. The van der Waals surface area contributed by atoms with Gasteiger partial charge in [-0.1, -0.05) is 13.8 Å². The summed E-state index contributed by atoms with van der Waals surface area (Å²) in [5.74, 6) is 0. The molecule has 1 heterocycles. The molecular formula is C13H25N3O3S. The third kappa shape index (κ3) is 4.29. The lowest BCUT2D eigenvalue weighted by molar-refractivity contribution is -0.00819. The van der Waals surface area contributed by atoms with Crippen LogP contribution in [0.2, 0.25) is 0 Å². The van der Waals surface area contributed by atoms with E-state index in [0.717, 1.165) is 0 Å². The van der Waals surface area contributed by atoms with Crippen LogP contribution in [0, 0.1) is 0 Å². The summed E-state index contributed by atoms with van der Waals surface area (Å²) in [6.45, 7) is 10.7. The lowest BCUT2D eigenvalue weighted by Gasteiger charge is -2.19. The molecule has 0 amide bonds. The molecule has 0 fully saturated rings. The maximum atomic E-state index is 11.7. The summed E-state index contributed by atoms with van der Waals surface area (Å²) in [4.78, 5) is 0.179. The van der Waals surface area contributed by atoms with Crippen molar-refractivity contribution in [3.05, 3.63) is 11.4 Å². The first-order chi connectivity index (χ1) is 9.10.